The second kappa shape index (κ2) is 15.1. The topological polar surface area (TPSA) is 105 Å². The van der Waals surface area contributed by atoms with Crippen molar-refractivity contribution in [1.82, 2.24) is 0 Å². The van der Waals surface area contributed by atoms with Gasteiger partial charge in [-0.2, -0.15) is 0 Å². The summed E-state index contributed by atoms with van der Waals surface area (Å²) in [6.07, 6.45) is 1.70. The van der Waals surface area contributed by atoms with Crippen LogP contribution in [0.3, 0.4) is 0 Å². The minimum Gasteiger partial charge on any atom is -0.423 e. The predicted molar refractivity (Wildman–Crippen MR) is 164 cm³/mol. The third kappa shape index (κ3) is 9.27. The van der Waals surface area contributed by atoms with Crippen molar-refractivity contribution in [3.63, 3.8) is 0 Å². The summed E-state index contributed by atoms with van der Waals surface area (Å²) < 4.78 is 36.6. The van der Waals surface area contributed by atoms with Crippen molar-refractivity contribution in [2.75, 3.05) is 0 Å². The zero-order valence-electron chi connectivity index (χ0n) is 24.3. The van der Waals surface area contributed by atoms with Gasteiger partial charge >= 0.3 is 23.9 Å². The Balaban J connectivity index is 2.08. The summed E-state index contributed by atoms with van der Waals surface area (Å²) >= 11 is 0. The van der Waals surface area contributed by atoms with Gasteiger partial charge in [-0.05, 0) is 62.4 Å². The Morgan fingerprint density at radius 3 is 1.56 bits per heavy atom. The van der Waals surface area contributed by atoms with Crippen LogP contribution in [0.5, 0.6) is 23.0 Å². The zero-order chi connectivity index (χ0) is 33.1. The van der Waals surface area contributed by atoms with Crippen LogP contribution in [0.25, 0.3) is 0 Å². The average Bonchev–Trinajstić information content (AvgIpc) is 3.02. The van der Waals surface area contributed by atoms with E-state index in [9.17, 15) is 19.2 Å². The van der Waals surface area contributed by atoms with Crippen molar-refractivity contribution < 1.29 is 42.5 Å². The van der Waals surface area contributed by atoms with E-state index in [4.69, 9.17) is 18.9 Å². The highest BCUT2D eigenvalue weighted by atomic mass is 19.1. The van der Waals surface area contributed by atoms with Gasteiger partial charge in [-0.25, -0.2) is 23.6 Å². The van der Waals surface area contributed by atoms with Gasteiger partial charge in [-0.15, -0.1) is 0 Å². The summed E-state index contributed by atoms with van der Waals surface area (Å²) in [6.45, 7) is 16.8. The first-order chi connectivity index (χ1) is 21.4. The summed E-state index contributed by atoms with van der Waals surface area (Å²) in [5, 5.41) is 0. The molecule has 3 aromatic rings. The van der Waals surface area contributed by atoms with E-state index >= 15 is 4.39 Å². The van der Waals surface area contributed by atoms with Crippen LogP contribution in [-0.4, -0.2) is 23.9 Å². The molecule has 0 spiro atoms. The third-order valence-electron chi connectivity index (χ3n) is 5.43. The maximum atomic E-state index is 15.8. The lowest BCUT2D eigenvalue weighted by molar-refractivity contribution is -0.130. The number of benzene rings is 3. The fourth-order valence-electron chi connectivity index (χ4n) is 3.16. The molecule has 0 aromatic heterocycles. The second-order valence-electron chi connectivity index (χ2n) is 9.08. The van der Waals surface area contributed by atoms with Crippen molar-refractivity contribution in [1.29, 1.82) is 0 Å². The van der Waals surface area contributed by atoms with Crippen molar-refractivity contribution in [2.24, 2.45) is 0 Å². The molecule has 45 heavy (non-hydrogen) atoms. The first-order valence-corrected chi connectivity index (χ1v) is 13.0. The van der Waals surface area contributed by atoms with Gasteiger partial charge in [-0.3, -0.25) is 0 Å². The standard InChI is InChI=1S/C36H25FO8/c1-7-31(38)44-30-21-26(15-9-24-10-16-27(17-11-24)42-35(40)22(3)4)33(37)34(45-32(39)8-2)29(30)20-14-25-12-18-28(19-13-25)43-36(41)23(5)6/h7-8,10-13,16-19,21H,1-3,5H2,4,6H3. The summed E-state index contributed by atoms with van der Waals surface area (Å²) in [5.74, 6) is 6.24. The van der Waals surface area contributed by atoms with Crippen molar-refractivity contribution in [3.8, 4) is 46.7 Å². The van der Waals surface area contributed by atoms with Gasteiger partial charge in [0.1, 0.15) is 17.1 Å². The van der Waals surface area contributed by atoms with Gasteiger partial charge in [0.15, 0.2) is 17.3 Å². The molecule has 0 saturated carbocycles. The fraction of sp³-hybridized carbons (Fsp3) is 0.0556. The maximum absolute atomic E-state index is 15.8. The van der Waals surface area contributed by atoms with Crippen LogP contribution in [0.4, 0.5) is 4.39 Å². The van der Waals surface area contributed by atoms with E-state index in [-0.39, 0.29) is 39.5 Å². The maximum Gasteiger partial charge on any atom is 0.338 e. The highest BCUT2D eigenvalue weighted by Gasteiger charge is 2.22. The first-order valence-electron chi connectivity index (χ1n) is 13.0. The van der Waals surface area contributed by atoms with Gasteiger partial charge in [0.05, 0.1) is 5.56 Å². The van der Waals surface area contributed by atoms with Crippen molar-refractivity contribution in [3.05, 3.63) is 132 Å². The Labute approximate surface area is 259 Å². The van der Waals surface area contributed by atoms with E-state index < -0.39 is 35.4 Å². The molecule has 8 nitrogen and oxygen atoms in total. The molecule has 3 aromatic carbocycles. The van der Waals surface area contributed by atoms with Gasteiger partial charge in [0.25, 0.3) is 0 Å². The molecule has 0 heterocycles. The van der Waals surface area contributed by atoms with Crippen LogP contribution in [-0.2, 0) is 19.2 Å². The normalized spacial score (nSPS) is 9.58. The Hall–Kier alpha value is -6.45. The summed E-state index contributed by atoms with van der Waals surface area (Å²) in [7, 11) is 0. The van der Waals surface area contributed by atoms with Crippen molar-refractivity contribution in [2.45, 2.75) is 13.8 Å². The second-order valence-corrected chi connectivity index (χ2v) is 9.08. The third-order valence-corrected chi connectivity index (χ3v) is 5.43. The molecular weight excluding hydrogens is 579 g/mol. The monoisotopic (exact) mass is 604 g/mol. The molecule has 0 aliphatic heterocycles. The molecule has 0 bridgehead atoms. The SMILES string of the molecule is C=CC(=O)Oc1cc(C#Cc2ccc(OC(=O)C(=C)C)cc2)c(F)c(OC(=O)C=C)c1C#Cc1ccc(OC(=O)C(=C)C)cc1. The van der Waals surface area contributed by atoms with Gasteiger partial charge in [0.2, 0.25) is 0 Å². The average molecular weight is 605 g/mol. The summed E-state index contributed by atoms with van der Waals surface area (Å²) in [4.78, 5) is 47.8. The molecule has 9 heteroatoms. The predicted octanol–water partition coefficient (Wildman–Crippen LogP) is 5.77. The van der Waals surface area contributed by atoms with E-state index in [1.807, 2.05) is 0 Å². The quantitative estimate of drug-likeness (QED) is 0.138. The van der Waals surface area contributed by atoms with E-state index in [0.717, 1.165) is 18.2 Å². The molecule has 0 saturated heterocycles. The molecule has 0 N–H and O–H groups in total. The van der Waals surface area contributed by atoms with E-state index in [0.29, 0.717) is 11.1 Å². The number of carbonyl (C=O) groups is 4. The smallest absolute Gasteiger partial charge is 0.338 e. The number of ether oxygens (including phenoxy) is 4. The van der Waals surface area contributed by atoms with Crippen LogP contribution in [0.15, 0.2) is 104 Å². The van der Waals surface area contributed by atoms with E-state index in [2.05, 4.69) is 50.0 Å². The molecule has 0 radical (unpaired) electrons. The van der Waals surface area contributed by atoms with E-state index in [1.54, 1.807) is 0 Å². The lowest BCUT2D eigenvalue weighted by atomic mass is 10.1. The molecule has 0 amide bonds. The number of rotatable bonds is 8. The Morgan fingerprint density at radius 1 is 0.667 bits per heavy atom. The minimum absolute atomic E-state index is 0.219. The van der Waals surface area contributed by atoms with Crippen LogP contribution in [0, 0.1) is 29.5 Å². The molecule has 0 unspecified atom stereocenters. The number of halogens is 1. The first kappa shape index (κ1) is 33.1. The molecule has 0 aliphatic rings. The molecular formula is C36H25FO8. The number of esters is 4. The van der Waals surface area contributed by atoms with Crippen LogP contribution in [0.1, 0.15) is 36.1 Å². The Kier molecular flexibility index (Phi) is 11.1. The minimum atomic E-state index is -1.06. The van der Waals surface area contributed by atoms with E-state index in [1.165, 1.54) is 62.4 Å². The number of hydrogen-bond acceptors (Lipinski definition) is 8. The largest absolute Gasteiger partial charge is 0.423 e. The van der Waals surface area contributed by atoms with Gasteiger partial charge in [0, 0.05) is 40.5 Å². The fourth-order valence-corrected chi connectivity index (χ4v) is 3.16. The molecule has 224 valence electrons. The molecule has 0 aliphatic carbocycles. The Bertz CT molecular complexity index is 1860. The van der Waals surface area contributed by atoms with Crippen LogP contribution >= 0.6 is 0 Å². The highest BCUT2D eigenvalue weighted by Crippen LogP contribution is 2.34. The number of carbonyl (C=O) groups excluding carboxylic acids is 4. The van der Waals surface area contributed by atoms with Crippen LogP contribution in [0.2, 0.25) is 0 Å². The molecule has 0 fully saturated rings. The lowest BCUT2D eigenvalue weighted by Crippen LogP contribution is -2.11. The lowest BCUT2D eigenvalue weighted by Gasteiger charge is -2.12. The molecule has 0 atom stereocenters. The molecule has 3 rings (SSSR count). The van der Waals surface area contributed by atoms with Gasteiger partial charge < -0.3 is 18.9 Å². The van der Waals surface area contributed by atoms with Gasteiger partial charge in [-0.1, -0.05) is 50.0 Å². The van der Waals surface area contributed by atoms with Crippen molar-refractivity contribution >= 4 is 23.9 Å². The number of hydrogen-bond donors (Lipinski definition) is 0. The Morgan fingerprint density at radius 2 is 1.11 bits per heavy atom. The summed E-state index contributed by atoms with van der Waals surface area (Å²) in [6, 6.07) is 13.2. The summed E-state index contributed by atoms with van der Waals surface area (Å²) in [5.41, 5.74) is 0.694. The van der Waals surface area contributed by atoms with Crippen LogP contribution < -0.4 is 18.9 Å². The highest BCUT2D eigenvalue weighted by molar-refractivity contribution is 5.89. The zero-order valence-corrected chi connectivity index (χ0v) is 24.3.